The number of nitrogens with zero attached hydrogens (tertiary/aromatic N) is 1. The molecule has 1 aliphatic rings. The van der Waals surface area contributed by atoms with Crippen LogP contribution in [0.2, 0.25) is 0 Å². The van der Waals surface area contributed by atoms with Crippen LogP contribution < -0.4 is 5.32 Å². The molecule has 112 valence electrons. The van der Waals surface area contributed by atoms with Gasteiger partial charge in [0.25, 0.3) is 5.91 Å². The Balaban J connectivity index is 1.74. The van der Waals surface area contributed by atoms with Gasteiger partial charge in [-0.3, -0.25) is 4.79 Å². The van der Waals surface area contributed by atoms with Crippen molar-refractivity contribution in [3.63, 3.8) is 0 Å². The van der Waals surface area contributed by atoms with Crippen molar-refractivity contribution < 1.29 is 14.0 Å². The van der Waals surface area contributed by atoms with Crippen LogP contribution in [0.5, 0.6) is 0 Å². The molecule has 4 nitrogen and oxygen atoms in total. The van der Waals surface area contributed by atoms with Gasteiger partial charge in [-0.2, -0.15) is 0 Å². The Bertz CT molecular complexity index is 730. The molecular formula is C17H15FN2O2. The van der Waals surface area contributed by atoms with Crippen LogP contribution in [0.1, 0.15) is 18.9 Å². The van der Waals surface area contributed by atoms with E-state index in [0.717, 1.165) is 0 Å². The summed E-state index contributed by atoms with van der Waals surface area (Å²) in [5.74, 6) is -0.689. The van der Waals surface area contributed by atoms with E-state index in [9.17, 15) is 9.18 Å². The second-order valence-electron chi connectivity index (χ2n) is 5.34. The highest BCUT2D eigenvalue weighted by molar-refractivity contribution is 6.08. The normalized spacial score (nSPS) is 20.2. The monoisotopic (exact) mass is 298 g/mol. The molecule has 3 rings (SSSR count). The number of hydrogen-bond donors (Lipinski definition) is 1. The van der Waals surface area contributed by atoms with E-state index in [-0.39, 0.29) is 18.1 Å². The van der Waals surface area contributed by atoms with Gasteiger partial charge in [0.2, 0.25) is 5.60 Å². The zero-order chi connectivity index (χ0) is 15.6. The third-order valence-electron chi connectivity index (χ3n) is 3.56. The molecule has 0 aliphatic carbocycles. The summed E-state index contributed by atoms with van der Waals surface area (Å²) in [5.41, 5.74) is 0.326. The summed E-state index contributed by atoms with van der Waals surface area (Å²) in [4.78, 5) is 17.7. The van der Waals surface area contributed by atoms with Gasteiger partial charge in [0.15, 0.2) is 0 Å². The molecule has 1 aliphatic heterocycles. The van der Waals surface area contributed by atoms with Crippen molar-refractivity contribution >= 4 is 17.3 Å². The van der Waals surface area contributed by atoms with Gasteiger partial charge in [0.05, 0.1) is 5.71 Å². The minimum absolute atomic E-state index is 0.215. The van der Waals surface area contributed by atoms with E-state index in [1.807, 2.05) is 18.2 Å². The summed E-state index contributed by atoms with van der Waals surface area (Å²) in [6, 6.07) is 15.4. The highest BCUT2D eigenvalue weighted by Gasteiger charge is 2.42. The van der Waals surface area contributed by atoms with E-state index in [1.54, 1.807) is 37.3 Å². The molecule has 1 heterocycles. The van der Waals surface area contributed by atoms with Gasteiger partial charge in [0, 0.05) is 17.7 Å². The van der Waals surface area contributed by atoms with Crippen molar-refractivity contribution in [2.24, 2.45) is 5.16 Å². The molecule has 1 unspecified atom stereocenters. The van der Waals surface area contributed by atoms with Crippen LogP contribution in [-0.2, 0) is 9.63 Å². The predicted molar refractivity (Wildman–Crippen MR) is 82.1 cm³/mol. The van der Waals surface area contributed by atoms with E-state index < -0.39 is 5.60 Å². The number of amides is 1. The third kappa shape index (κ3) is 2.70. The zero-order valence-electron chi connectivity index (χ0n) is 12.0. The summed E-state index contributed by atoms with van der Waals surface area (Å²) in [6.45, 7) is 1.64. The molecular weight excluding hydrogens is 283 g/mol. The Labute approximate surface area is 127 Å². The first-order valence-electron chi connectivity index (χ1n) is 6.95. The number of para-hydroxylation sites is 1. The maximum Gasteiger partial charge on any atom is 0.271 e. The number of carbonyl (C=O) groups excluding carboxylic acids is 1. The Morgan fingerprint density at radius 3 is 2.59 bits per heavy atom. The zero-order valence-corrected chi connectivity index (χ0v) is 12.0. The molecule has 0 saturated carbocycles. The van der Waals surface area contributed by atoms with E-state index in [0.29, 0.717) is 17.0 Å². The fraction of sp³-hybridized carbons (Fsp3) is 0.176. The Hall–Kier alpha value is -2.69. The van der Waals surface area contributed by atoms with Gasteiger partial charge in [-0.25, -0.2) is 4.39 Å². The number of oxime groups is 1. The molecule has 0 radical (unpaired) electrons. The lowest BCUT2D eigenvalue weighted by Crippen LogP contribution is -2.40. The van der Waals surface area contributed by atoms with Gasteiger partial charge in [-0.05, 0) is 25.1 Å². The second-order valence-corrected chi connectivity index (χ2v) is 5.34. The molecule has 1 N–H and O–H groups in total. The quantitative estimate of drug-likeness (QED) is 0.944. The largest absolute Gasteiger partial charge is 0.379 e. The lowest BCUT2D eigenvalue weighted by atomic mass is 9.95. The first-order chi connectivity index (χ1) is 10.6. The molecule has 2 aromatic rings. The van der Waals surface area contributed by atoms with Crippen LogP contribution in [0.4, 0.5) is 10.1 Å². The Kier molecular flexibility index (Phi) is 3.63. The van der Waals surface area contributed by atoms with Gasteiger partial charge in [-0.1, -0.05) is 41.6 Å². The number of rotatable bonds is 3. The number of hydrogen-bond acceptors (Lipinski definition) is 3. The van der Waals surface area contributed by atoms with Crippen molar-refractivity contribution in [3.05, 3.63) is 66.0 Å². The third-order valence-corrected chi connectivity index (χ3v) is 3.56. The first-order valence-corrected chi connectivity index (χ1v) is 6.95. The van der Waals surface area contributed by atoms with E-state index >= 15 is 0 Å². The van der Waals surface area contributed by atoms with Crippen molar-refractivity contribution in [2.75, 3.05) is 5.32 Å². The van der Waals surface area contributed by atoms with Crippen molar-refractivity contribution in [1.29, 1.82) is 0 Å². The standard InChI is InChI=1S/C17H15FN2O2/c1-17(16(21)19-12-7-3-2-4-8-12)11-15(20-22-17)13-9-5-6-10-14(13)18/h2-10H,11H2,1H3,(H,19,21). The number of carbonyl (C=O) groups is 1. The molecule has 5 heteroatoms. The molecule has 1 atom stereocenters. The molecule has 0 saturated heterocycles. The molecule has 0 bridgehead atoms. The minimum Gasteiger partial charge on any atom is -0.379 e. The second kappa shape index (κ2) is 5.60. The fourth-order valence-corrected chi connectivity index (χ4v) is 2.29. The van der Waals surface area contributed by atoms with Crippen molar-refractivity contribution in [2.45, 2.75) is 18.9 Å². The summed E-state index contributed by atoms with van der Waals surface area (Å²) in [5, 5.41) is 6.68. The molecule has 1 amide bonds. The SMILES string of the molecule is CC1(C(=O)Nc2ccccc2)CC(c2ccccc2F)=NO1. The maximum absolute atomic E-state index is 13.8. The average Bonchev–Trinajstić information content (AvgIpc) is 2.92. The Morgan fingerprint density at radius 2 is 1.86 bits per heavy atom. The van der Waals surface area contributed by atoms with Gasteiger partial charge in [0.1, 0.15) is 5.82 Å². The number of anilines is 1. The number of halogens is 1. The lowest BCUT2D eigenvalue weighted by Gasteiger charge is -2.20. The van der Waals surface area contributed by atoms with E-state index in [2.05, 4.69) is 10.5 Å². The highest BCUT2D eigenvalue weighted by Crippen LogP contribution is 2.28. The molecule has 0 aromatic heterocycles. The first kappa shape index (κ1) is 14.3. The van der Waals surface area contributed by atoms with E-state index in [1.165, 1.54) is 6.07 Å². The smallest absolute Gasteiger partial charge is 0.271 e. The van der Waals surface area contributed by atoms with Crippen LogP contribution in [-0.4, -0.2) is 17.2 Å². The van der Waals surface area contributed by atoms with Crippen LogP contribution in [0.3, 0.4) is 0 Å². The Morgan fingerprint density at radius 1 is 1.18 bits per heavy atom. The molecule has 22 heavy (non-hydrogen) atoms. The topological polar surface area (TPSA) is 50.7 Å². The van der Waals surface area contributed by atoms with Crippen LogP contribution in [0.15, 0.2) is 59.8 Å². The average molecular weight is 298 g/mol. The van der Waals surface area contributed by atoms with Crippen molar-refractivity contribution in [3.8, 4) is 0 Å². The summed E-state index contributed by atoms with van der Waals surface area (Å²) in [6.07, 6.45) is 0.215. The number of benzene rings is 2. The van der Waals surface area contributed by atoms with E-state index in [4.69, 9.17) is 4.84 Å². The summed E-state index contributed by atoms with van der Waals surface area (Å²) >= 11 is 0. The van der Waals surface area contributed by atoms with Gasteiger partial charge in [-0.15, -0.1) is 0 Å². The number of nitrogens with one attached hydrogen (secondary N) is 1. The maximum atomic E-state index is 13.8. The van der Waals surface area contributed by atoms with Crippen LogP contribution >= 0.6 is 0 Å². The lowest BCUT2D eigenvalue weighted by molar-refractivity contribution is -0.135. The predicted octanol–water partition coefficient (Wildman–Crippen LogP) is 3.35. The minimum atomic E-state index is -1.15. The highest BCUT2D eigenvalue weighted by atomic mass is 19.1. The molecule has 0 fully saturated rings. The van der Waals surface area contributed by atoms with Crippen molar-refractivity contribution in [1.82, 2.24) is 0 Å². The van der Waals surface area contributed by atoms with Gasteiger partial charge >= 0.3 is 0 Å². The fourth-order valence-electron chi connectivity index (χ4n) is 2.29. The summed E-state index contributed by atoms with van der Waals surface area (Å²) in [7, 11) is 0. The van der Waals surface area contributed by atoms with Crippen LogP contribution in [0, 0.1) is 5.82 Å². The van der Waals surface area contributed by atoms with Crippen LogP contribution in [0.25, 0.3) is 0 Å². The van der Waals surface area contributed by atoms with Gasteiger partial charge < -0.3 is 10.2 Å². The summed E-state index contributed by atoms with van der Waals surface area (Å²) < 4.78 is 13.8. The molecule has 2 aromatic carbocycles. The molecule has 0 spiro atoms.